The predicted molar refractivity (Wildman–Crippen MR) is 105 cm³/mol. The van der Waals surface area contributed by atoms with Crippen LogP contribution in [0.4, 0.5) is 5.88 Å². The first-order chi connectivity index (χ1) is 14.6. The van der Waals surface area contributed by atoms with Crippen molar-refractivity contribution in [3.05, 3.63) is 59.5 Å². The highest BCUT2D eigenvalue weighted by Crippen LogP contribution is 2.29. The van der Waals surface area contributed by atoms with Gasteiger partial charge in [0.25, 0.3) is 11.8 Å². The van der Waals surface area contributed by atoms with Crippen molar-refractivity contribution < 1.29 is 23.2 Å². The Morgan fingerprint density at radius 3 is 2.57 bits per heavy atom. The van der Waals surface area contributed by atoms with E-state index in [1.54, 1.807) is 35.2 Å². The largest absolute Gasteiger partial charge is 0.465 e. The third kappa shape index (κ3) is 3.63. The van der Waals surface area contributed by atoms with Crippen LogP contribution in [0.15, 0.2) is 51.5 Å². The van der Waals surface area contributed by atoms with Crippen LogP contribution in [-0.2, 0) is 4.74 Å². The lowest BCUT2D eigenvalue weighted by atomic mass is 10.1. The Kier molecular flexibility index (Phi) is 5.22. The number of amides is 1. The summed E-state index contributed by atoms with van der Waals surface area (Å²) >= 11 is 0. The Balaban J connectivity index is 1.46. The fourth-order valence-corrected chi connectivity index (χ4v) is 3.30. The van der Waals surface area contributed by atoms with Crippen molar-refractivity contribution >= 4 is 17.8 Å². The molecule has 1 fully saturated rings. The number of carbonyl (C=O) groups excluding carboxylic acids is 2. The molecule has 0 aliphatic carbocycles. The van der Waals surface area contributed by atoms with E-state index < -0.39 is 5.97 Å². The lowest BCUT2D eigenvalue weighted by molar-refractivity contribution is 0.0600. The van der Waals surface area contributed by atoms with Crippen molar-refractivity contribution in [2.75, 3.05) is 38.2 Å². The number of furan rings is 1. The van der Waals surface area contributed by atoms with Gasteiger partial charge in [0.2, 0.25) is 11.6 Å². The molecular weight excluding hydrogens is 388 g/mol. The molecule has 1 saturated heterocycles. The predicted octanol–water partition coefficient (Wildman–Crippen LogP) is 2.56. The molecule has 152 valence electrons. The zero-order valence-corrected chi connectivity index (χ0v) is 16.2. The van der Waals surface area contributed by atoms with Gasteiger partial charge in [-0.1, -0.05) is 6.07 Å². The number of oxazole rings is 1. The number of hydrogen-bond acceptors (Lipinski definition) is 8. The van der Waals surface area contributed by atoms with Crippen molar-refractivity contribution in [2.24, 2.45) is 0 Å². The number of carbonyl (C=O) groups is 2. The van der Waals surface area contributed by atoms with E-state index in [9.17, 15) is 14.9 Å². The molecule has 30 heavy (non-hydrogen) atoms. The Hall–Kier alpha value is -4.06. The number of nitrogens with zero attached hydrogens (tertiary/aromatic N) is 4. The monoisotopic (exact) mass is 406 g/mol. The van der Waals surface area contributed by atoms with E-state index in [0.717, 1.165) is 0 Å². The highest BCUT2D eigenvalue weighted by atomic mass is 16.5. The van der Waals surface area contributed by atoms with Gasteiger partial charge >= 0.3 is 5.97 Å². The Labute approximate surface area is 172 Å². The number of esters is 1. The Morgan fingerprint density at radius 2 is 1.90 bits per heavy atom. The van der Waals surface area contributed by atoms with E-state index >= 15 is 0 Å². The molecule has 0 bridgehead atoms. The van der Waals surface area contributed by atoms with Crippen LogP contribution in [0.25, 0.3) is 11.7 Å². The number of benzene rings is 1. The van der Waals surface area contributed by atoms with Crippen molar-refractivity contribution in [2.45, 2.75) is 0 Å². The average molecular weight is 406 g/mol. The SMILES string of the molecule is COC(=O)c1cccc(C(=O)N2CCN(c3oc(-c4ccco4)nc3C#N)CC2)c1. The van der Waals surface area contributed by atoms with Crippen molar-refractivity contribution in [3.63, 3.8) is 0 Å². The molecule has 4 rings (SSSR count). The number of methoxy groups -OCH3 is 1. The first kappa shape index (κ1) is 19.3. The van der Waals surface area contributed by atoms with E-state index in [4.69, 9.17) is 13.6 Å². The van der Waals surface area contributed by atoms with Crippen molar-refractivity contribution in [1.82, 2.24) is 9.88 Å². The van der Waals surface area contributed by atoms with Crippen LogP contribution >= 0.6 is 0 Å². The topological polar surface area (TPSA) is 113 Å². The molecule has 2 aromatic heterocycles. The molecule has 0 radical (unpaired) electrons. The molecule has 3 heterocycles. The number of ether oxygens (including phenoxy) is 1. The van der Waals surface area contributed by atoms with Gasteiger partial charge in [-0.15, -0.1) is 0 Å². The van der Waals surface area contributed by atoms with Crippen LogP contribution in [0.1, 0.15) is 26.4 Å². The Morgan fingerprint density at radius 1 is 1.13 bits per heavy atom. The van der Waals surface area contributed by atoms with E-state index in [2.05, 4.69) is 4.98 Å². The number of rotatable bonds is 4. The van der Waals surface area contributed by atoms with Crippen LogP contribution < -0.4 is 4.90 Å². The van der Waals surface area contributed by atoms with Gasteiger partial charge in [0.15, 0.2) is 5.76 Å². The van der Waals surface area contributed by atoms with E-state index in [1.807, 2.05) is 11.0 Å². The summed E-state index contributed by atoms with van der Waals surface area (Å²) in [5.41, 5.74) is 0.920. The van der Waals surface area contributed by atoms with Crippen LogP contribution in [0.5, 0.6) is 0 Å². The highest BCUT2D eigenvalue weighted by Gasteiger charge is 2.27. The van der Waals surface area contributed by atoms with Gasteiger partial charge in [-0.25, -0.2) is 4.79 Å². The molecule has 0 unspecified atom stereocenters. The molecule has 0 N–H and O–H groups in total. The second-order valence-electron chi connectivity index (χ2n) is 6.61. The number of piperazine rings is 1. The summed E-state index contributed by atoms with van der Waals surface area (Å²) in [5, 5.41) is 9.41. The highest BCUT2D eigenvalue weighted by molar-refractivity contribution is 5.98. The third-order valence-corrected chi connectivity index (χ3v) is 4.83. The van der Waals surface area contributed by atoms with Gasteiger partial charge in [0.1, 0.15) is 6.07 Å². The van der Waals surface area contributed by atoms with E-state index in [-0.39, 0.29) is 17.5 Å². The average Bonchev–Trinajstić information content (AvgIpc) is 3.48. The zero-order chi connectivity index (χ0) is 21.1. The van der Waals surface area contributed by atoms with Gasteiger partial charge in [-0.3, -0.25) is 4.79 Å². The van der Waals surface area contributed by atoms with Gasteiger partial charge in [0.05, 0.1) is 18.9 Å². The molecule has 3 aromatic rings. The van der Waals surface area contributed by atoms with E-state index in [1.165, 1.54) is 19.4 Å². The number of hydrogen-bond donors (Lipinski definition) is 0. The molecule has 0 saturated carbocycles. The molecule has 1 aliphatic rings. The molecule has 1 amide bonds. The van der Waals surface area contributed by atoms with Gasteiger partial charge in [0, 0.05) is 31.7 Å². The first-order valence-electron chi connectivity index (χ1n) is 9.28. The smallest absolute Gasteiger partial charge is 0.337 e. The second-order valence-corrected chi connectivity index (χ2v) is 6.61. The van der Waals surface area contributed by atoms with E-state index in [0.29, 0.717) is 49.0 Å². The van der Waals surface area contributed by atoms with Gasteiger partial charge < -0.3 is 23.4 Å². The minimum atomic E-state index is -0.490. The van der Waals surface area contributed by atoms with Crippen LogP contribution in [0.2, 0.25) is 0 Å². The maximum Gasteiger partial charge on any atom is 0.337 e. The molecule has 9 heteroatoms. The first-order valence-corrected chi connectivity index (χ1v) is 9.28. The summed E-state index contributed by atoms with van der Waals surface area (Å²) in [6.45, 7) is 1.82. The fourth-order valence-electron chi connectivity index (χ4n) is 3.30. The molecule has 1 aliphatic heterocycles. The zero-order valence-electron chi connectivity index (χ0n) is 16.2. The van der Waals surface area contributed by atoms with Crippen molar-refractivity contribution in [1.29, 1.82) is 5.26 Å². The normalized spacial score (nSPS) is 13.7. The molecule has 9 nitrogen and oxygen atoms in total. The summed E-state index contributed by atoms with van der Waals surface area (Å²) in [5.74, 6) is 0.386. The molecule has 0 atom stereocenters. The molecule has 1 aromatic carbocycles. The summed E-state index contributed by atoms with van der Waals surface area (Å²) in [4.78, 5) is 32.3. The van der Waals surface area contributed by atoms with Gasteiger partial charge in [-0.05, 0) is 30.3 Å². The maximum absolute atomic E-state index is 12.8. The standard InChI is InChI=1S/C21H18N4O5/c1-28-21(27)15-5-2-4-14(12-15)19(26)24-7-9-25(10-8-24)20-16(13-22)23-18(30-20)17-6-3-11-29-17/h2-6,11-12H,7-10H2,1H3. The third-order valence-electron chi connectivity index (χ3n) is 4.83. The number of anilines is 1. The summed E-state index contributed by atoms with van der Waals surface area (Å²) in [6, 6.07) is 11.9. The minimum absolute atomic E-state index is 0.172. The van der Waals surface area contributed by atoms with Crippen molar-refractivity contribution in [3.8, 4) is 17.7 Å². The fraction of sp³-hybridized carbons (Fsp3) is 0.238. The van der Waals surface area contributed by atoms with Crippen LogP contribution in [0.3, 0.4) is 0 Å². The lowest BCUT2D eigenvalue weighted by Gasteiger charge is -2.34. The lowest BCUT2D eigenvalue weighted by Crippen LogP contribution is -2.49. The van der Waals surface area contributed by atoms with Crippen LogP contribution in [0, 0.1) is 11.3 Å². The Bertz CT molecular complexity index is 1100. The number of aromatic nitrogens is 1. The molecular formula is C21H18N4O5. The quantitative estimate of drug-likeness (QED) is 0.608. The number of nitriles is 1. The summed E-state index contributed by atoms with van der Waals surface area (Å²) < 4.78 is 15.8. The molecule has 0 spiro atoms. The second kappa shape index (κ2) is 8.13. The van der Waals surface area contributed by atoms with Gasteiger partial charge in [-0.2, -0.15) is 10.2 Å². The summed E-state index contributed by atoms with van der Waals surface area (Å²) in [6.07, 6.45) is 1.50. The minimum Gasteiger partial charge on any atom is -0.465 e. The van der Waals surface area contributed by atoms with Crippen LogP contribution in [-0.4, -0.2) is 55.0 Å². The summed E-state index contributed by atoms with van der Waals surface area (Å²) in [7, 11) is 1.30. The maximum atomic E-state index is 12.8.